The third kappa shape index (κ3) is 2.30. The normalized spacial score (nSPS) is 10.1. The Morgan fingerprint density at radius 1 is 0.944 bits per heavy atom. The number of hydrogen-bond acceptors (Lipinski definition) is 2. The van der Waals surface area contributed by atoms with Crippen LogP contribution in [0.3, 0.4) is 0 Å². The zero-order valence-electron chi connectivity index (χ0n) is 9.88. The van der Waals surface area contributed by atoms with Crippen LogP contribution in [0, 0.1) is 0 Å². The fraction of sp³-hybridized carbons (Fsp3) is 0.0667. The van der Waals surface area contributed by atoms with E-state index in [1.165, 1.54) is 6.92 Å². The zero-order valence-corrected chi connectivity index (χ0v) is 9.88. The van der Waals surface area contributed by atoms with Crippen molar-refractivity contribution in [2.24, 2.45) is 0 Å². The lowest BCUT2D eigenvalue weighted by Gasteiger charge is -2.06. The molecule has 0 aliphatic carbocycles. The monoisotopic (exact) mass is 240 g/mol. The van der Waals surface area contributed by atoms with Crippen molar-refractivity contribution in [2.45, 2.75) is 6.92 Å². The first-order chi connectivity index (χ1) is 8.59. The number of ketones is 1. The molecule has 2 aromatic rings. The fourth-order valence-electron chi connectivity index (χ4n) is 1.81. The van der Waals surface area contributed by atoms with E-state index in [1.807, 2.05) is 0 Å². The molecule has 0 aliphatic heterocycles. The standard InChI is InChI=1S/C15H12O3/c1-10(16)11-6-8-12(9-7-11)13-4-2-3-5-14(13)15(17)18/h2-9H,1H3,(H,17,18). The van der Waals surface area contributed by atoms with Crippen molar-refractivity contribution in [3.05, 3.63) is 59.7 Å². The maximum Gasteiger partial charge on any atom is 0.336 e. The van der Waals surface area contributed by atoms with Crippen molar-refractivity contribution in [1.82, 2.24) is 0 Å². The summed E-state index contributed by atoms with van der Waals surface area (Å²) in [6.45, 7) is 1.50. The number of rotatable bonds is 3. The maximum absolute atomic E-state index is 11.2. The van der Waals surface area contributed by atoms with Gasteiger partial charge in [-0.05, 0) is 24.1 Å². The lowest BCUT2D eigenvalue weighted by atomic mass is 9.98. The van der Waals surface area contributed by atoms with E-state index < -0.39 is 5.97 Å². The average Bonchev–Trinajstić information content (AvgIpc) is 2.39. The van der Waals surface area contributed by atoms with Crippen LogP contribution in [-0.4, -0.2) is 16.9 Å². The topological polar surface area (TPSA) is 54.4 Å². The summed E-state index contributed by atoms with van der Waals surface area (Å²) in [6, 6.07) is 13.7. The van der Waals surface area contributed by atoms with E-state index in [1.54, 1.807) is 48.5 Å². The molecule has 18 heavy (non-hydrogen) atoms. The van der Waals surface area contributed by atoms with Crippen LogP contribution in [0.1, 0.15) is 27.6 Å². The Morgan fingerprint density at radius 3 is 2.11 bits per heavy atom. The molecule has 0 radical (unpaired) electrons. The van der Waals surface area contributed by atoms with Gasteiger partial charge in [0, 0.05) is 5.56 Å². The fourth-order valence-corrected chi connectivity index (χ4v) is 1.81. The molecule has 90 valence electrons. The number of benzene rings is 2. The quantitative estimate of drug-likeness (QED) is 0.838. The SMILES string of the molecule is CC(=O)c1ccc(-c2ccccc2C(=O)O)cc1. The van der Waals surface area contributed by atoms with Gasteiger partial charge in [0.05, 0.1) is 5.56 Å². The Balaban J connectivity index is 2.49. The smallest absolute Gasteiger partial charge is 0.336 e. The van der Waals surface area contributed by atoms with Gasteiger partial charge in [-0.25, -0.2) is 4.79 Å². The van der Waals surface area contributed by atoms with Crippen LogP contribution in [0.2, 0.25) is 0 Å². The molecule has 0 heterocycles. The summed E-state index contributed by atoms with van der Waals surface area (Å²) in [5.74, 6) is -0.964. The molecule has 0 fully saturated rings. The number of carboxylic acids is 1. The van der Waals surface area contributed by atoms with E-state index in [9.17, 15) is 9.59 Å². The molecule has 2 aromatic carbocycles. The Morgan fingerprint density at radius 2 is 1.56 bits per heavy atom. The van der Waals surface area contributed by atoms with E-state index >= 15 is 0 Å². The third-order valence-electron chi connectivity index (χ3n) is 2.76. The highest BCUT2D eigenvalue weighted by Crippen LogP contribution is 2.24. The summed E-state index contributed by atoms with van der Waals surface area (Å²) in [5.41, 5.74) is 2.32. The number of carboxylic acid groups (broad SMARTS) is 1. The van der Waals surface area contributed by atoms with Crippen molar-refractivity contribution in [2.75, 3.05) is 0 Å². The van der Waals surface area contributed by atoms with Gasteiger partial charge >= 0.3 is 5.97 Å². The summed E-state index contributed by atoms with van der Waals surface area (Å²) < 4.78 is 0. The second kappa shape index (κ2) is 4.84. The zero-order chi connectivity index (χ0) is 13.1. The highest BCUT2D eigenvalue weighted by Gasteiger charge is 2.10. The molecule has 0 aliphatic rings. The molecular formula is C15H12O3. The summed E-state index contributed by atoms with van der Waals surface area (Å²) in [5, 5.41) is 9.12. The maximum atomic E-state index is 11.2. The number of carbonyl (C=O) groups excluding carboxylic acids is 1. The van der Waals surface area contributed by atoms with Gasteiger partial charge in [0.15, 0.2) is 5.78 Å². The van der Waals surface area contributed by atoms with Crippen LogP contribution < -0.4 is 0 Å². The van der Waals surface area contributed by atoms with Crippen LogP contribution in [0.25, 0.3) is 11.1 Å². The largest absolute Gasteiger partial charge is 0.478 e. The van der Waals surface area contributed by atoms with E-state index in [0.717, 1.165) is 5.56 Å². The van der Waals surface area contributed by atoms with E-state index in [0.29, 0.717) is 11.1 Å². The van der Waals surface area contributed by atoms with E-state index in [2.05, 4.69) is 0 Å². The van der Waals surface area contributed by atoms with E-state index in [4.69, 9.17) is 5.11 Å². The Hall–Kier alpha value is -2.42. The van der Waals surface area contributed by atoms with Gasteiger partial charge in [-0.2, -0.15) is 0 Å². The molecular weight excluding hydrogens is 228 g/mol. The highest BCUT2D eigenvalue weighted by molar-refractivity contribution is 5.97. The van der Waals surface area contributed by atoms with Gasteiger partial charge in [0.25, 0.3) is 0 Å². The number of aromatic carboxylic acids is 1. The van der Waals surface area contributed by atoms with Crippen molar-refractivity contribution >= 4 is 11.8 Å². The predicted molar refractivity (Wildman–Crippen MR) is 68.8 cm³/mol. The third-order valence-corrected chi connectivity index (χ3v) is 2.76. The van der Waals surface area contributed by atoms with Crippen molar-refractivity contribution in [3.63, 3.8) is 0 Å². The highest BCUT2D eigenvalue weighted by atomic mass is 16.4. The molecule has 0 atom stereocenters. The van der Waals surface area contributed by atoms with Gasteiger partial charge in [-0.1, -0.05) is 42.5 Å². The van der Waals surface area contributed by atoms with Crippen molar-refractivity contribution in [1.29, 1.82) is 0 Å². The Bertz CT molecular complexity index is 597. The van der Waals surface area contributed by atoms with Crippen LogP contribution in [-0.2, 0) is 0 Å². The minimum Gasteiger partial charge on any atom is -0.478 e. The first kappa shape index (κ1) is 12.0. The molecule has 0 bridgehead atoms. The summed E-state index contributed by atoms with van der Waals surface area (Å²) in [7, 11) is 0. The summed E-state index contributed by atoms with van der Waals surface area (Å²) in [6.07, 6.45) is 0. The predicted octanol–water partition coefficient (Wildman–Crippen LogP) is 3.25. The van der Waals surface area contributed by atoms with Crippen LogP contribution >= 0.6 is 0 Å². The number of hydrogen-bond donors (Lipinski definition) is 1. The number of carbonyl (C=O) groups is 2. The van der Waals surface area contributed by atoms with Gasteiger partial charge in [-0.15, -0.1) is 0 Å². The minimum absolute atomic E-state index is 0.00642. The second-order valence-electron chi connectivity index (χ2n) is 3.98. The van der Waals surface area contributed by atoms with Crippen molar-refractivity contribution < 1.29 is 14.7 Å². The van der Waals surface area contributed by atoms with E-state index in [-0.39, 0.29) is 11.3 Å². The molecule has 2 rings (SSSR count). The minimum atomic E-state index is -0.957. The van der Waals surface area contributed by atoms with Gasteiger partial charge in [0.1, 0.15) is 0 Å². The Labute approximate surface area is 105 Å². The molecule has 0 saturated carbocycles. The lowest BCUT2D eigenvalue weighted by Crippen LogP contribution is -1.99. The van der Waals surface area contributed by atoms with Gasteiger partial charge in [-0.3, -0.25) is 4.79 Å². The van der Waals surface area contributed by atoms with Gasteiger partial charge in [0.2, 0.25) is 0 Å². The first-order valence-electron chi connectivity index (χ1n) is 5.53. The second-order valence-corrected chi connectivity index (χ2v) is 3.98. The molecule has 0 amide bonds. The number of Topliss-reactive ketones (excluding diaryl/α,β-unsaturated/α-hetero) is 1. The Kier molecular flexibility index (Phi) is 3.24. The van der Waals surface area contributed by atoms with Crippen LogP contribution in [0.4, 0.5) is 0 Å². The summed E-state index contributed by atoms with van der Waals surface area (Å²) in [4.78, 5) is 22.3. The lowest BCUT2D eigenvalue weighted by molar-refractivity contribution is 0.0697. The van der Waals surface area contributed by atoms with Crippen LogP contribution in [0.15, 0.2) is 48.5 Å². The van der Waals surface area contributed by atoms with Crippen molar-refractivity contribution in [3.8, 4) is 11.1 Å². The summed E-state index contributed by atoms with van der Waals surface area (Å²) >= 11 is 0. The average molecular weight is 240 g/mol. The van der Waals surface area contributed by atoms with Crippen LogP contribution in [0.5, 0.6) is 0 Å². The molecule has 3 nitrogen and oxygen atoms in total. The molecule has 0 unspecified atom stereocenters. The molecule has 3 heteroatoms. The first-order valence-corrected chi connectivity index (χ1v) is 5.53. The molecule has 1 N–H and O–H groups in total. The molecule has 0 saturated heterocycles. The molecule has 0 spiro atoms. The van der Waals surface area contributed by atoms with Gasteiger partial charge < -0.3 is 5.11 Å². The molecule has 0 aromatic heterocycles.